The molecule has 0 bridgehead atoms. The van der Waals surface area contributed by atoms with E-state index in [0.29, 0.717) is 40.9 Å². The van der Waals surface area contributed by atoms with Crippen LogP contribution in [0, 0.1) is 17.7 Å². The molecule has 0 saturated heterocycles. The van der Waals surface area contributed by atoms with Crippen molar-refractivity contribution in [2.24, 2.45) is 11.8 Å². The zero-order valence-corrected chi connectivity index (χ0v) is 21.6. The number of benzene rings is 3. The highest BCUT2D eigenvalue weighted by molar-refractivity contribution is 6.30. The summed E-state index contributed by atoms with van der Waals surface area (Å²) in [5.41, 5.74) is 4.86. The zero-order valence-electron chi connectivity index (χ0n) is 20.8. The number of aliphatic carboxylic acids is 1. The van der Waals surface area contributed by atoms with E-state index in [1.165, 1.54) is 12.1 Å². The molecular formula is C30H27ClFN3O3. The third kappa shape index (κ3) is 5.68. The first kappa shape index (κ1) is 25.8. The number of carbonyl (C=O) groups excluding carboxylic acids is 1. The van der Waals surface area contributed by atoms with Gasteiger partial charge >= 0.3 is 5.97 Å². The van der Waals surface area contributed by atoms with Crippen LogP contribution < -0.4 is 5.32 Å². The van der Waals surface area contributed by atoms with Crippen LogP contribution in [0.4, 0.5) is 4.39 Å². The lowest BCUT2D eigenvalue weighted by Crippen LogP contribution is -2.26. The Hall–Kier alpha value is -3.84. The molecular weight excluding hydrogens is 505 g/mol. The summed E-state index contributed by atoms with van der Waals surface area (Å²) in [6.45, 7) is 1.84. The number of nitrogens with one attached hydrogen (secondary N) is 1. The molecule has 1 aromatic heterocycles. The van der Waals surface area contributed by atoms with Gasteiger partial charge in [-0.05, 0) is 86.6 Å². The van der Waals surface area contributed by atoms with Crippen LogP contribution in [0.5, 0.6) is 0 Å². The van der Waals surface area contributed by atoms with E-state index >= 15 is 0 Å². The molecule has 3 aromatic carbocycles. The highest BCUT2D eigenvalue weighted by Crippen LogP contribution is 2.35. The van der Waals surface area contributed by atoms with Crippen molar-refractivity contribution >= 4 is 34.5 Å². The zero-order chi connectivity index (χ0) is 26.8. The highest BCUT2D eigenvalue weighted by atomic mass is 35.5. The molecule has 5 rings (SSSR count). The van der Waals surface area contributed by atoms with Gasteiger partial charge in [0.05, 0.1) is 34.4 Å². The number of carboxylic acids is 1. The van der Waals surface area contributed by atoms with Crippen LogP contribution in [-0.4, -0.2) is 27.0 Å². The summed E-state index contributed by atoms with van der Waals surface area (Å²) in [6.07, 6.45) is 2.69. The number of hydrogen-bond donors (Lipinski definition) is 2. The van der Waals surface area contributed by atoms with E-state index in [2.05, 4.69) is 5.32 Å². The van der Waals surface area contributed by atoms with Gasteiger partial charge in [0.1, 0.15) is 5.82 Å². The van der Waals surface area contributed by atoms with Gasteiger partial charge in [-0.1, -0.05) is 35.9 Å². The van der Waals surface area contributed by atoms with Crippen LogP contribution in [-0.2, 0) is 11.2 Å². The minimum Gasteiger partial charge on any atom is -0.481 e. The van der Waals surface area contributed by atoms with Gasteiger partial charge < -0.3 is 10.4 Å². The third-order valence-electron chi connectivity index (χ3n) is 7.21. The third-order valence-corrected chi connectivity index (χ3v) is 7.46. The lowest BCUT2D eigenvalue weighted by atomic mass is 9.96. The highest BCUT2D eigenvalue weighted by Gasteiger charge is 2.31. The number of halogens is 2. The van der Waals surface area contributed by atoms with Crippen molar-refractivity contribution in [1.82, 2.24) is 15.3 Å². The summed E-state index contributed by atoms with van der Waals surface area (Å²) >= 11 is 6.10. The molecule has 0 aliphatic heterocycles. The summed E-state index contributed by atoms with van der Waals surface area (Å²) in [7, 11) is 0. The predicted octanol–water partition coefficient (Wildman–Crippen LogP) is 6.62. The molecule has 1 heterocycles. The first-order valence-electron chi connectivity index (χ1n) is 12.6. The van der Waals surface area contributed by atoms with E-state index < -0.39 is 5.97 Å². The molecule has 1 saturated carbocycles. The van der Waals surface area contributed by atoms with Crippen molar-refractivity contribution in [3.8, 4) is 11.3 Å². The largest absolute Gasteiger partial charge is 0.481 e. The fourth-order valence-electron chi connectivity index (χ4n) is 5.09. The second-order valence-corrected chi connectivity index (χ2v) is 10.3. The first-order chi connectivity index (χ1) is 18.3. The molecule has 194 valence electrons. The number of nitrogens with zero attached hydrogens (tertiary/aromatic N) is 2. The summed E-state index contributed by atoms with van der Waals surface area (Å²) in [4.78, 5) is 34.3. The maximum absolute atomic E-state index is 13.3. The van der Waals surface area contributed by atoms with Crippen molar-refractivity contribution in [2.75, 3.05) is 0 Å². The van der Waals surface area contributed by atoms with Gasteiger partial charge in [-0.25, -0.2) is 14.4 Å². The lowest BCUT2D eigenvalue weighted by molar-refractivity contribution is -0.141. The maximum atomic E-state index is 13.3. The molecule has 1 aliphatic carbocycles. The monoisotopic (exact) mass is 531 g/mol. The van der Waals surface area contributed by atoms with Gasteiger partial charge in [0, 0.05) is 16.1 Å². The number of carbonyl (C=O) groups is 2. The molecule has 8 heteroatoms. The first-order valence-corrected chi connectivity index (χ1v) is 13.0. The quantitative estimate of drug-likeness (QED) is 0.279. The minimum absolute atomic E-state index is 0.192. The van der Waals surface area contributed by atoms with Crippen molar-refractivity contribution in [1.29, 1.82) is 0 Å². The van der Waals surface area contributed by atoms with E-state index in [-0.39, 0.29) is 29.6 Å². The van der Waals surface area contributed by atoms with Crippen LogP contribution in [0.1, 0.15) is 53.8 Å². The number of carboxylic acid groups (broad SMARTS) is 1. The Bertz CT molecular complexity index is 1490. The van der Waals surface area contributed by atoms with Crippen molar-refractivity contribution in [2.45, 2.75) is 38.6 Å². The molecule has 3 atom stereocenters. The van der Waals surface area contributed by atoms with E-state index in [0.717, 1.165) is 28.9 Å². The Morgan fingerprint density at radius 1 is 1.03 bits per heavy atom. The van der Waals surface area contributed by atoms with Crippen LogP contribution >= 0.6 is 11.6 Å². The van der Waals surface area contributed by atoms with Crippen molar-refractivity contribution in [3.05, 3.63) is 94.4 Å². The fraction of sp³-hybridized carbons (Fsp3) is 0.267. The lowest BCUT2D eigenvalue weighted by Gasteiger charge is -2.16. The van der Waals surface area contributed by atoms with Gasteiger partial charge in [0.2, 0.25) is 0 Å². The number of aromatic nitrogens is 2. The minimum atomic E-state index is -0.749. The summed E-state index contributed by atoms with van der Waals surface area (Å²) in [5.74, 6) is -1.48. The van der Waals surface area contributed by atoms with Gasteiger partial charge in [-0.2, -0.15) is 0 Å². The molecule has 1 fully saturated rings. The van der Waals surface area contributed by atoms with Crippen LogP contribution in [0.15, 0.2) is 66.7 Å². The van der Waals surface area contributed by atoms with Crippen LogP contribution in [0.2, 0.25) is 5.02 Å². The van der Waals surface area contributed by atoms with E-state index in [4.69, 9.17) is 21.6 Å². The Kier molecular flexibility index (Phi) is 7.38. The van der Waals surface area contributed by atoms with Crippen LogP contribution in [0.3, 0.4) is 0 Å². The molecule has 0 spiro atoms. The standard InChI is InChI=1S/C30H27ClFN3O3/c1-17(19-6-11-24(32)12-7-19)33-29(36)21-8-13-25-26(16-21)34-27(15-18-2-3-22(14-18)30(37)38)28(35-25)20-4-9-23(31)10-5-20/h4-13,16-18,22H,2-3,14-15H2,1H3,(H,33,36)(H,37,38)/t17-,18?,22?/m1/s1. The van der Waals surface area contributed by atoms with Gasteiger partial charge in [-0.15, -0.1) is 0 Å². The number of hydrogen-bond acceptors (Lipinski definition) is 4. The average Bonchev–Trinajstić information content (AvgIpc) is 3.38. The summed E-state index contributed by atoms with van der Waals surface area (Å²) < 4.78 is 13.3. The number of rotatable bonds is 7. The molecule has 6 nitrogen and oxygen atoms in total. The maximum Gasteiger partial charge on any atom is 0.306 e. The fourth-order valence-corrected chi connectivity index (χ4v) is 5.21. The van der Waals surface area contributed by atoms with E-state index in [1.807, 2.05) is 19.1 Å². The molecule has 2 unspecified atom stereocenters. The molecule has 38 heavy (non-hydrogen) atoms. The molecule has 4 aromatic rings. The Morgan fingerprint density at radius 2 is 1.76 bits per heavy atom. The van der Waals surface area contributed by atoms with Crippen LogP contribution in [0.25, 0.3) is 22.3 Å². The number of amides is 1. The van der Waals surface area contributed by atoms with Gasteiger partial charge in [0.25, 0.3) is 5.91 Å². The van der Waals surface area contributed by atoms with Crippen molar-refractivity contribution in [3.63, 3.8) is 0 Å². The van der Waals surface area contributed by atoms with E-state index in [9.17, 15) is 19.1 Å². The Labute approximate surface area is 224 Å². The topological polar surface area (TPSA) is 92.2 Å². The second kappa shape index (κ2) is 10.9. The molecule has 2 N–H and O–H groups in total. The Balaban J connectivity index is 1.45. The number of fused-ring (bicyclic) bond motifs is 1. The summed E-state index contributed by atoms with van der Waals surface area (Å²) in [5, 5.41) is 13.0. The van der Waals surface area contributed by atoms with Crippen molar-refractivity contribution < 1.29 is 19.1 Å². The predicted molar refractivity (Wildman–Crippen MR) is 144 cm³/mol. The van der Waals surface area contributed by atoms with Gasteiger partial charge in [0.15, 0.2) is 0 Å². The second-order valence-electron chi connectivity index (χ2n) is 9.89. The Morgan fingerprint density at radius 3 is 2.45 bits per heavy atom. The average molecular weight is 532 g/mol. The SMILES string of the molecule is C[C@@H](NC(=O)c1ccc2nc(-c3ccc(Cl)cc3)c(CC3CCC(C(=O)O)C3)nc2c1)c1ccc(F)cc1. The van der Waals surface area contributed by atoms with E-state index in [1.54, 1.807) is 42.5 Å². The summed E-state index contributed by atoms with van der Waals surface area (Å²) in [6, 6.07) is 18.3. The molecule has 1 amide bonds. The molecule has 0 radical (unpaired) electrons. The smallest absolute Gasteiger partial charge is 0.306 e. The van der Waals surface area contributed by atoms with Gasteiger partial charge in [-0.3, -0.25) is 9.59 Å². The molecule has 1 aliphatic rings. The normalized spacial score (nSPS) is 17.9.